The molecule has 3 nitrogen and oxygen atoms in total. The van der Waals surface area contributed by atoms with Crippen molar-refractivity contribution in [2.75, 3.05) is 5.32 Å². The Morgan fingerprint density at radius 3 is 2.57 bits per heavy atom. The quantitative estimate of drug-likeness (QED) is 0.516. The Labute approximate surface area is 175 Å². The van der Waals surface area contributed by atoms with E-state index in [0.717, 1.165) is 33.5 Å². The van der Waals surface area contributed by atoms with Gasteiger partial charge in [-0.1, -0.05) is 42.5 Å². The molecule has 3 aromatic carbocycles. The third-order valence-electron chi connectivity index (χ3n) is 5.31. The topological polar surface area (TPSA) is 49.3 Å². The van der Waals surface area contributed by atoms with Gasteiger partial charge in [0.05, 0.1) is 6.42 Å². The number of hydrogen-bond donors (Lipinski definition) is 2. The molecule has 0 atom stereocenters. The minimum Gasteiger partial charge on any atom is -0.481 e. The predicted molar refractivity (Wildman–Crippen MR) is 119 cm³/mol. The molecule has 0 radical (unpaired) electrons. The van der Waals surface area contributed by atoms with E-state index in [1.54, 1.807) is 6.07 Å². The second-order valence-electron chi connectivity index (χ2n) is 7.39. The smallest absolute Gasteiger partial charge is 0.307 e. The molecule has 0 fully saturated rings. The van der Waals surface area contributed by atoms with Crippen molar-refractivity contribution in [1.82, 2.24) is 0 Å². The van der Waals surface area contributed by atoms with Gasteiger partial charge in [0, 0.05) is 12.2 Å². The van der Waals surface area contributed by atoms with Gasteiger partial charge in [-0.2, -0.15) is 0 Å². The van der Waals surface area contributed by atoms with Crippen LogP contribution in [0, 0.1) is 5.82 Å². The average molecular weight is 399 g/mol. The number of aliphatic carboxylic acids is 1. The zero-order chi connectivity index (χ0) is 21.1. The molecule has 4 heteroatoms. The molecule has 30 heavy (non-hydrogen) atoms. The summed E-state index contributed by atoms with van der Waals surface area (Å²) in [5.74, 6) is -1.28. The van der Waals surface area contributed by atoms with E-state index in [1.807, 2.05) is 55.5 Å². The highest BCUT2D eigenvalue weighted by atomic mass is 19.1. The zero-order valence-electron chi connectivity index (χ0n) is 16.7. The van der Waals surface area contributed by atoms with Gasteiger partial charge in [-0.05, 0) is 82.3 Å². The molecule has 1 aliphatic rings. The van der Waals surface area contributed by atoms with Crippen LogP contribution in [0.15, 0.2) is 78.4 Å². The number of hydrogen-bond acceptors (Lipinski definition) is 2. The number of nitrogens with one attached hydrogen (secondary N) is 1. The third-order valence-corrected chi connectivity index (χ3v) is 5.31. The summed E-state index contributed by atoms with van der Waals surface area (Å²) < 4.78 is 13.8. The maximum Gasteiger partial charge on any atom is 0.307 e. The highest BCUT2D eigenvalue weighted by Crippen LogP contribution is 2.43. The molecule has 0 unspecified atom stereocenters. The van der Waals surface area contributed by atoms with E-state index in [4.69, 9.17) is 0 Å². The summed E-state index contributed by atoms with van der Waals surface area (Å²) in [6, 6.07) is 22.8. The standard InChI is InChI=1S/C26H22FNO2/c1-17-23(22-11-10-20(27)14-25(22)24(17)15-26(29)30)13-18-6-5-7-19(12-18)16-28-21-8-3-2-4-9-21/h2-14,28H,15-16H2,1H3,(H,29,30)/b23-13-. The normalized spacial score (nSPS) is 14.1. The van der Waals surface area contributed by atoms with Crippen LogP contribution in [0.4, 0.5) is 10.1 Å². The first-order chi connectivity index (χ1) is 14.5. The van der Waals surface area contributed by atoms with E-state index in [9.17, 15) is 14.3 Å². The first-order valence-electron chi connectivity index (χ1n) is 9.83. The summed E-state index contributed by atoms with van der Waals surface area (Å²) in [6.07, 6.45) is 1.92. The number of carboxylic acids is 1. The van der Waals surface area contributed by atoms with Crippen molar-refractivity contribution in [2.24, 2.45) is 0 Å². The molecule has 0 bridgehead atoms. The minimum atomic E-state index is -0.921. The van der Waals surface area contributed by atoms with Crippen LogP contribution in [0.25, 0.3) is 17.2 Å². The number of carbonyl (C=O) groups is 1. The van der Waals surface area contributed by atoms with E-state index in [-0.39, 0.29) is 12.2 Å². The lowest BCUT2D eigenvalue weighted by molar-refractivity contribution is -0.135. The number of carboxylic acid groups (broad SMARTS) is 1. The van der Waals surface area contributed by atoms with Gasteiger partial charge in [0.25, 0.3) is 0 Å². The fourth-order valence-electron chi connectivity index (χ4n) is 3.85. The number of rotatable bonds is 6. The van der Waals surface area contributed by atoms with E-state index in [2.05, 4.69) is 17.4 Å². The fourth-order valence-corrected chi connectivity index (χ4v) is 3.85. The lowest BCUT2D eigenvalue weighted by Crippen LogP contribution is -1.99. The molecule has 0 saturated carbocycles. The van der Waals surface area contributed by atoms with Crippen LogP contribution in [-0.2, 0) is 11.3 Å². The maximum absolute atomic E-state index is 13.8. The average Bonchev–Trinajstić information content (AvgIpc) is 2.98. The van der Waals surface area contributed by atoms with Crippen LogP contribution in [0.2, 0.25) is 0 Å². The molecule has 3 aromatic rings. The highest BCUT2D eigenvalue weighted by Gasteiger charge is 2.25. The third kappa shape index (κ3) is 4.18. The van der Waals surface area contributed by atoms with Crippen molar-refractivity contribution >= 4 is 28.9 Å². The Balaban J connectivity index is 1.66. The Kier molecular flexibility index (Phi) is 5.48. The van der Waals surface area contributed by atoms with Crippen molar-refractivity contribution in [1.29, 1.82) is 0 Å². The van der Waals surface area contributed by atoms with Gasteiger partial charge < -0.3 is 10.4 Å². The molecular weight excluding hydrogens is 377 g/mol. The van der Waals surface area contributed by atoms with Gasteiger partial charge >= 0.3 is 5.97 Å². The van der Waals surface area contributed by atoms with Crippen molar-refractivity contribution in [2.45, 2.75) is 19.9 Å². The molecule has 0 aromatic heterocycles. The van der Waals surface area contributed by atoms with Crippen molar-refractivity contribution in [3.63, 3.8) is 0 Å². The van der Waals surface area contributed by atoms with Crippen LogP contribution in [0.3, 0.4) is 0 Å². The second kappa shape index (κ2) is 8.37. The molecule has 4 rings (SSSR count). The summed E-state index contributed by atoms with van der Waals surface area (Å²) in [7, 11) is 0. The van der Waals surface area contributed by atoms with Crippen LogP contribution in [0.5, 0.6) is 0 Å². The predicted octanol–water partition coefficient (Wildman–Crippen LogP) is 6.24. The Morgan fingerprint density at radius 2 is 1.80 bits per heavy atom. The lowest BCUT2D eigenvalue weighted by atomic mass is 10.00. The molecule has 0 heterocycles. The van der Waals surface area contributed by atoms with E-state index < -0.39 is 5.97 Å². The van der Waals surface area contributed by atoms with E-state index >= 15 is 0 Å². The van der Waals surface area contributed by atoms with Crippen LogP contribution < -0.4 is 5.32 Å². The highest BCUT2D eigenvalue weighted by molar-refractivity contribution is 6.07. The maximum atomic E-state index is 13.8. The fraction of sp³-hybridized carbons (Fsp3) is 0.115. The molecule has 0 aliphatic heterocycles. The van der Waals surface area contributed by atoms with Crippen molar-refractivity contribution in [3.8, 4) is 0 Å². The molecular formula is C26H22FNO2. The van der Waals surface area contributed by atoms with E-state index in [0.29, 0.717) is 17.7 Å². The molecule has 1 aliphatic carbocycles. The number of benzene rings is 3. The molecule has 150 valence electrons. The number of para-hydroxylation sites is 1. The number of allylic oxidation sites excluding steroid dienone is 2. The largest absolute Gasteiger partial charge is 0.481 e. The summed E-state index contributed by atoms with van der Waals surface area (Å²) in [5.41, 5.74) is 7.25. The summed E-state index contributed by atoms with van der Waals surface area (Å²) in [4.78, 5) is 11.3. The first-order valence-corrected chi connectivity index (χ1v) is 9.83. The summed E-state index contributed by atoms with van der Waals surface area (Å²) in [5, 5.41) is 12.7. The Hall–Kier alpha value is -3.66. The van der Waals surface area contributed by atoms with Gasteiger partial charge in [0.2, 0.25) is 0 Å². The molecule has 2 N–H and O–H groups in total. The van der Waals surface area contributed by atoms with Crippen LogP contribution >= 0.6 is 0 Å². The summed E-state index contributed by atoms with van der Waals surface area (Å²) >= 11 is 0. The zero-order valence-corrected chi connectivity index (χ0v) is 16.7. The Bertz CT molecular complexity index is 1160. The van der Waals surface area contributed by atoms with Crippen molar-refractivity contribution < 1.29 is 14.3 Å². The monoisotopic (exact) mass is 399 g/mol. The number of halogens is 1. The molecule has 0 spiro atoms. The lowest BCUT2D eigenvalue weighted by Gasteiger charge is -2.08. The van der Waals surface area contributed by atoms with Crippen LogP contribution in [0.1, 0.15) is 35.6 Å². The van der Waals surface area contributed by atoms with Gasteiger partial charge in [-0.3, -0.25) is 4.79 Å². The van der Waals surface area contributed by atoms with Gasteiger partial charge in [0.15, 0.2) is 0 Å². The number of anilines is 1. The number of fused-ring (bicyclic) bond motifs is 1. The van der Waals surface area contributed by atoms with Crippen molar-refractivity contribution in [3.05, 3.63) is 106 Å². The first kappa shape index (κ1) is 19.6. The van der Waals surface area contributed by atoms with Gasteiger partial charge in [0.1, 0.15) is 5.82 Å². The SMILES string of the molecule is CC1=C(CC(=O)O)c2cc(F)ccc2/C1=C\c1cccc(CNc2ccccc2)c1. The van der Waals surface area contributed by atoms with E-state index in [1.165, 1.54) is 12.1 Å². The minimum absolute atomic E-state index is 0.124. The molecule has 0 amide bonds. The Morgan fingerprint density at radius 1 is 1.00 bits per heavy atom. The molecule has 0 saturated heterocycles. The van der Waals surface area contributed by atoms with Crippen LogP contribution in [-0.4, -0.2) is 11.1 Å². The van der Waals surface area contributed by atoms with Gasteiger partial charge in [-0.25, -0.2) is 4.39 Å². The summed E-state index contributed by atoms with van der Waals surface area (Å²) in [6.45, 7) is 2.60. The van der Waals surface area contributed by atoms with Gasteiger partial charge in [-0.15, -0.1) is 0 Å². The second-order valence-corrected chi connectivity index (χ2v) is 7.39.